The smallest absolute Gasteiger partial charge is 0.257 e. The number of thiazole rings is 1. The molecule has 1 aromatic heterocycles. The number of benzene rings is 2. The molecule has 33 heavy (non-hydrogen) atoms. The zero-order chi connectivity index (χ0) is 24.2. The summed E-state index contributed by atoms with van der Waals surface area (Å²) in [6, 6.07) is 9.25. The van der Waals surface area contributed by atoms with Crippen molar-refractivity contribution in [2.45, 2.75) is 24.8 Å². The second-order valence-corrected chi connectivity index (χ2v) is 9.74. The van der Waals surface area contributed by atoms with E-state index in [1.165, 1.54) is 36.6 Å². The van der Waals surface area contributed by atoms with E-state index in [0.717, 1.165) is 5.56 Å². The number of amides is 1. The molecule has 0 unspecified atom stereocenters. The van der Waals surface area contributed by atoms with Crippen molar-refractivity contribution in [1.29, 1.82) is 0 Å². The zero-order valence-corrected chi connectivity index (χ0v) is 20.5. The average Bonchev–Trinajstić information content (AvgIpc) is 3.25. The fourth-order valence-corrected chi connectivity index (χ4v) is 5.19. The van der Waals surface area contributed by atoms with Crippen molar-refractivity contribution in [2.75, 3.05) is 26.6 Å². The van der Waals surface area contributed by atoms with Crippen molar-refractivity contribution in [3.05, 3.63) is 47.3 Å². The highest BCUT2D eigenvalue weighted by molar-refractivity contribution is 7.89. The summed E-state index contributed by atoms with van der Waals surface area (Å²) in [7, 11) is 0.622. The molecule has 0 bridgehead atoms. The molecule has 11 heteroatoms. The second-order valence-electron chi connectivity index (χ2n) is 7.20. The molecule has 2 aromatic carbocycles. The summed E-state index contributed by atoms with van der Waals surface area (Å²) < 4.78 is 43.6. The van der Waals surface area contributed by atoms with E-state index < -0.39 is 15.9 Å². The van der Waals surface area contributed by atoms with Crippen LogP contribution in [0.15, 0.2) is 46.7 Å². The number of aromatic nitrogens is 1. The Kier molecular flexibility index (Phi) is 7.57. The van der Waals surface area contributed by atoms with Gasteiger partial charge in [-0.3, -0.25) is 10.1 Å². The summed E-state index contributed by atoms with van der Waals surface area (Å²) in [5, 5.41) is 4.86. The summed E-state index contributed by atoms with van der Waals surface area (Å²) in [5.74, 6) is 0.876. The lowest BCUT2D eigenvalue weighted by Crippen LogP contribution is -2.30. The number of methoxy groups -OCH3 is 3. The number of carbonyl (C=O) groups excluding carboxylic acids is 1. The summed E-state index contributed by atoms with van der Waals surface area (Å²) in [5.41, 5.74) is 1.51. The van der Waals surface area contributed by atoms with E-state index in [9.17, 15) is 13.2 Å². The van der Waals surface area contributed by atoms with Crippen LogP contribution in [0.25, 0.3) is 11.3 Å². The minimum absolute atomic E-state index is 0.117. The van der Waals surface area contributed by atoms with Gasteiger partial charge in [0.2, 0.25) is 10.0 Å². The SMILES string of the molecule is COc1ccc(-c2csc(NC(=O)c3ccc(OC)c(S(=O)(=O)NC(C)C)c3)n2)c(OC)c1. The monoisotopic (exact) mass is 491 g/mol. The van der Waals surface area contributed by atoms with Gasteiger partial charge in [0.25, 0.3) is 5.91 Å². The molecule has 0 fully saturated rings. The van der Waals surface area contributed by atoms with Crippen LogP contribution < -0.4 is 24.2 Å². The Hall–Kier alpha value is -3.15. The van der Waals surface area contributed by atoms with Crippen molar-refractivity contribution in [3.8, 4) is 28.5 Å². The van der Waals surface area contributed by atoms with Gasteiger partial charge in [-0.25, -0.2) is 18.1 Å². The lowest BCUT2D eigenvalue weighted by Gasteiger charge is -2.14. The number of hydrogen-bond donors (Lipinski definition) is 2. The van der Waals surface area contributed by atoms with Gasteiger partial charge in [0.15, 0.2) is 5.13 Å². The highest BCUT2D eigenvalue weighted by Gasteiger charge is 2.23. The number of nitrogens with zero attached hydrogens (tertiary/aromatic N) is 1. The summed E-state index contributed by atoms with van der Waals surface area (Å²) in [4.78, 5) is 17.2. The van der Waals surface area contributed by atoms with Crippen molar-refractivity contribution >= 4 is 32.4 Å². The molecule has 176 valence electrons. The van der Waals surface area contributed by atoms with Crippen LogP contribution in [0, 0.1) is 0 Å². The van der Waals surface area contributed by atoms with Gasteiger partial charge in [-0.2, -0.15) is 0 Å². The first-order valence-electron chi connectivity index (χ1n) is 9.88. The van der Waals surface area contributed by atoms with Crippen LogP contribution in [0.4, 0.5) is 5.13 Å². The Labute approximate surface area is 196 Å². The van der Waals surface area contributed by atoms with E-state index >= 15 is 0 Å². The normalized spacial score (nSPS) is 11.3. The molecule has 0 saturated carbocycles. The molecule has 3 rings (SSSR count). The Morgan fingerprint density at radius 2 is 1.73 bits per heavy atom. The number of sulfonamides is 1. The maximum atomic E-state index is 12.8. The summed E-state index contributed by atoms with van der Waals surface area (Å²) in [6.45, 7) is 3.41. The summed E-state index contributed by atoms with van der Waals surface area (Å²) >= 11 is 1.24. The molecule has 9 nitrogen and oxygen atoms in total. The third-order valence-electron chi connectivity index (χ3n) is 4.52. The van der Waals surface area contributed by atoms with E-state index in [1.54, 1.807) is 45.6 Å². The molecule has 0 aliphatic carbocycles. The first-order valence-corrected chi connectivity index (χ1v) is 12.2. The quantitative estimate of drug-likeness (QED) is 0.468. The number of carbonyl (C=O) groups is 1. The molecule has 0 radical (unpaired) electrons. The topological polar surface area (TPSA) is 116 Å². The van der Waals surface area contributed by atoms with Crippen LogP contribution >= 0.6 is 11.3 Å². The van der Waals surface area contributed by atoms with Gasteiger partial charge in [-0.1, -0.05) is 0 Å². The minimum Gasteiger partial charge on any atom is -0.497 e. The van der Waals surface area contributed by atoms with Gasteiger partial charge in [0.1, 0.15) is 22.1 Å². The molecule has 0 spiro atoms. The Bertz CT molecular complexity index is 1250. The van der Waals surface area contributed by atoms with Gasteiger partial charge in [-0.15, -0.1) is 11.3 Å². The highest BCUT2D eigenvalue weighted by Crippen LogP contribution is 2.35. The molecule has 0 atom stereocenters. The van der Waals surface area contributed by atoms with E-state index in [0.29, 0.717) is 22.3 Å². The van der Waals surface area contributed by atoms with Gasteiger partial charge in [0, 0.05) is 28.6 Å². The van der Waals surface area contributed by atoms with Gasteiger partial charge in [-0.05, 0) is 44.2 Å². The van der Waals surface area contributed by atoms with Crippen LogP contribution in [0.5, 0.6) is 17.2 Å². The number of hydrogen-bond acceptors (Lipinski definition) is 8. The number of rotatable bonds is 9. The van der Waals surface area contributed by atoms with Crippen LogP contribution in [-0.2, 0) is 10.0 Å². The molecular weight excluding hydrogens is 466 g/mol. The first-order chi connectivity index (χ1) is 15.7. The Balaban J connectivity index is 1.86. The van der Waals surface area contributed by atoms with Crippen LogP contribution in [0.3, 0.4) is 0 Å². The van der Waals surface area contributed by atoms with Gasteiger partial charge in [0.05, 0.1) is 27.0 Å². The highest BCUT2D eigenvalue weighted by atomic mass is 32.2. The Morgan fingerprint density at radius 3 is 2.36 bits per heavy atom. The molecule has 2 N–H and O–H groups in total. The standard InChI is InChI=1S/C22H25N3O6S2/c1-13(2)25-33(27,28)20-10-14(6-9-18(20)30-4)21(26)24-22-23-17(12-32-22)16-8-7-15(29-3)11-19(16)31-5/h6-13,25H,1-5H3,(H,23,24,26). The molecule has 0 saturated heterocycles. The molecule has 1 amide bonds. The predicted molar refractivity (Wildman–Crippen MR) is 127 cm³/mol. The van der Waals surface area contributed by atoms with Gasteiger partial charge >= 0.3 is 0 Å². The van der Waals surface area contributed by atoms with E-state index in [4.69, 9.17) is 14.2 Å². The lowest BCUT2D eigenvalue weighted by molar-refractivity contribution is 0.102. The van der Waals surface area contributed by atoms with E-state index in [-0.39, 0.29) is 22.3 Å². The fraction of sp³-hybridized carbons (Fsp3) is 0.273. The zero-order valence-electron chi connectivity index (χ0n) is 18.8. The Morgan fingerprint density at radius 1 is 1.00 bits per heavy atom. The van der Waals surface area contributed by atoms with Crippen molar-refractivity contribution in [3.63, 3.8) is 0 Å². The van der Waals surface area contributed by atoms with Crippen LogP contribution in [0.1, 0.15) is 24.2 Å². The minimum atomic E-state index is -3.87. The van der Waals surface area contributed by atoms with Crippen LogP contribution in [-0.4, -0.2) is 46.7 Å². The third-order valence-corrected chi connectivity index (χ3v) is 6.95. The molecule has 1 heterocycles. The average molecular weight is 492 g/mol. The van der Waals surface area contributed by atoms with Crippen molar-refractivity contribution in [2.24, 2.45) is 0 Å². The third kappa shape index (κ3) is 5.62. The first kappa shape index (κ1) is 24.5. The molecule has 0 aliphatic rings. The van der Waals surface area contributed by atoms with E-state index in [1.807, 2.05) is 6.07 Å². The van der Waals surface area contributed by atoms with Crippen LogP contribution in [0.2, 0.25) is 0 Å². The maximum absolute atomic E-state index is 12.8. The number of anilines is 1. The molecule has 3 aromatic rings. The van der Waals surface area contributed by atoms with Crippen molar-refractivity contribution < 1.29 is 27.4 Å². The van der Waals surface area contributed by atoms with Crippen molar-refractivity contribution in [1.82, 2.24) is 9.71 Å². The number of ether oxygens (including phenoxy) is 3. The van der Waals surface area contributed by atoms with E-state index in [2.05, 4.69) is 15.0 Å². The maximum Gasteiger partial charge on any atom is 0.257 e. The number of nitrogens with one attached hydrogen (secondary N) is 2. The molecular formula is C22H25N3O6S2. The van der Waals surface area contributed by atoms with Gasteiger partial charge < -0.3 is 14.2 Å². The predicted octanol–water partition coefficient (Wildman–Crippen LogP) is 3.77. The summed E-state index contributed by atoms with van der Waals surface area (Å²) in [6.07, 6.45) is 0. The second kappa shape index (κ2) is 10.2. The molecule has 0 aliphatic heterocycles. The fourth-order valence-electron chi connectivity index (χ4n) is 3.04. The largest absolute Gasteiger partial charge is 0.497 e. The lowest BCUT2D eigenvalue weighted by atomic mass is 10.1.